The molecule has 11 heavy (non-hydrogen) atoms. The molecule has 0 aromatic carbocycles. The van der Waals surface area contributed by atoms with Crippen LogP contribution in [0.4, 0.5) is 0 Å². The maximum atomic E-state index is 5.90. The molecular formula is C9H22N2. The molecule has 0 saturated heterocycles. The first-order valence-corrected chi connectivity index (χ1v) is 4.20. The van der Waals surface area contributed by atoms with E-state index in [1.165, 1.54) is 0 Å². The van der Waals surface area contributed by atoms with Crippen LogP contribution in [0.3, 0.4) is 0 Å². The summed E-state index contributed by atoms with van der Waals surface area (Å²) in [5.74, 6) is 0. The zero-order valence-corrected chi connectivity index (χ0v) is 8.44. The lowest BCUT2D eigenvalue weighted by Crippen LogP contribution is -2.44. The summed E-state index contributed by atoms with van der Waals surface area (Å²) in [5.41, 5.74) is 11.7. The molecule has 0 aliphatic heterocycles. The SMILES string of the molecule is CC(N)C(C)(C)CC(C)(C)N. The molecule has 0 bridgehead atoms. The van der Waals surface area contributed by atoms with Crippen molar-refractivity contribution in [2.75, 3.05) is 0 Å². The summed E-state index contributed by atoms with van der Waals surface area (Å²) in [7, 11) is 0. The zero-order valence-electron chi connectivity index (χ0n) is 8.44. The summed E-state index contributed by atoms with van der Waals surface area (Å²) in [6, 6.07) is 0.199. The van der Waals surface area contributed by atoms with Gasteiger partial charge in [0.2, 0.25) is 0 Å². The summed E-state index contributed by atoms with van der Waals surface area (Å²) in [4.78, 5) is 0. The van der Waals surface area contributed by atoms with Gasteiger partial charge in [-0.15, -0.1) is 0 Å². The summed E-state index contributed by atoms with van der Waals surface area (Å²) in [6.45, 7) is 10.4. The molecule has 68 valence electrons. The molecule has 0 amide bonds. The smallest absolute Gasteiger partial charge is 0.0103 e. The summed E-state index contributed by atoms with van der Waals surface area (Å²) in [5, 5.41) is 0. The van der Waals surface area contributed by atoms with Gasteiger partial charge in [0.05, 0.1) is 0 Å². The quantitative estimate of drug-likeness (QED) is 0.653. The van der Waals surface area contributed by atoms with Gasteiger partial charge in [0.25, 0.3) is 0 Å². The van der Waals surface area contributed by atoms with Crippen LogP contribution in [0.1, 0.15) is 41.0 Å². The highest BCUT2D eigenvalue weighted by molar-refractivity contribution is 4.86. The Balaban J connectivity index is 4.13. The van der Waals surface area contributed by atoms with Crippen LogP contribution in [0.5, 0.6) is 0 Å². The van der Waals surface area contributed by atoms with E-state index >= 15 is 0 Å². The van der Waals surface area contributed by atoms with Crippen molar-refractivity contribution >= 4 is 0 Å². The lowest BCUT2D eigenvalue weighted by atomic mass is 9.76. The normalized spacial score (nSPS) is 16.6. The number of hydrogen-bond acceptors (Lipinski definition) is 2. The average molecular weight is 158 g/mol. The molecule has 0 heterocycles. The fourth-order valence-corrected chi connectivity index (χ4v) is 1.34. The van der Waals surface area contributed by atoms with Gasteiger partial charge in [-0.1, -0.05) is 13.8 Å². The van der Waals surface area contributed by atoms with Crippen LogP contribution in [-0.2, 0) is 0 Å². The highest BCUT2D eigenvalue weighted by Crippen LogP contribution is 2.28. The third kappa shape index (κ3) is 4.38. The van der Waals surface area contributed by atoms with E-state index in [-0.39, 0.29) is 17.0 Å². The van der Waals surface area contributed by atoms with Gasteiger partial charge in [-0.05, 0) is 32.6 Å². The Bertz CT molecular complexity index is 120. The molecule has 0 aliphatic rings. The second-order valence-electron chi connectivity index (χ2n) is 4.94. The van der Waals surface area contributed by atoms with E-state index < -0.39 is 0 Å². The van der Waals surface area contributed by atoms with E-state index in [2.05, 4.69) is 13.8 Å². The minimum atomic E-state index is -0.114. The van der Waals surface area contributed by atoms with Crippen LogP contribution in [0.2, 0.25) is 0 Å². The van der Waals surface area contributed by atoms with Gasteiger partial charge in [0.1, 0.15) is 0 Å². The van der Waals surface area contributed by atoms with Crippen molar-refractivity contribution in [2.24, 2.45) is 16.9 Å². The van der Waals surface area contributed by atoms with Crippen LogP contribution in [0.15, 0.2) is 0 Å². The Morgan fingerprint density at radius 2 is 1.55 bits per heavy atom. The fraction of sp³-hybridized carbons (Fsp3) is 1.00. The summed E-state index contributed by atoms with van der Waals surface area (Å²) in [6.07, 6.45) is 0.956. The highest BCUT2D eigenvalue weighted by Gasteiger charge is 2.28. The Hall–Kier alpha value is -0.0800. The second kappa shape index (κ2) is 3.11. The average Bonchev–Trinajstić information content (AvgIpc) is 1.56. The van der Waals surface area contributed by atoms with Crippen molar-refractivity contribution in [3.63, 3.8) is 0 Å². The molecule has 2 heteroatoms. The minimum absolute atomic E-state index is 0.114. The highest BCUT2D eigenvalue weighted by atomic mass is 14.7. The number of rotatable bonds is 3. The van der Waals surface area contributed by atoms with E-state index in [0.717, 1.165) is 6.42 Å². The van der Waals surface area contributed by atoms with Crippen LogP contribution in [0.25, 0.3) is 0 Å². The first-order chi connectivity index (χ1) is 4.65. The Kier molecular flexibility index (Phi) is 3.09. The van der Waals surface area contributed by atoms with E-state index in [1.807, 2.05) is 20.8 Å². The molecule has 0 fully saturated rings. The standard InChI is InChI=1S/C9H22N2/c1-7(10)8(2,3)6-9(4,5)11/h7H,6,10-11H2,1-5H3. The maximum Gasteiger partial charge on any atom is 0.0103 e. The topological polar surface area (TPSA) is 52.0 Å². The van der Waals surface area contributed by atoms with Crippen molar-refractivity contribution in [3.8, 4) is 0 Å². The molecule has 4 N–H and O–H groups in total. The third-order valence-electron chi connectivity index (χ3n) is 2.14. The molecule has 0 aliphatic carbocycles. The van der Waals surface area contributed by atoms with Crippen LogP contribution < -0.4 is 11.5 Å². The van der Waals surface area contributed by atoms with Crippen molar-refractivity contribution < 1.29 is 0 Å². The lowest BCUT2D eigenvalue weighted by Gasteiger charge is -2.35. The largest absolute Gasteiger partial charge is 0.327 e. The molecule has 0 saturated carbocycles. The van der Waals surface area contributed by atoms with E-state index in [1.54, 1.807) is 0 Å². The number of nitrogens with two attached hydrogens (primary N) is 2. The Labute approximate surface area is 70.3 Å². The van der Waals surface area contributed by atoms with Gasteiger partial charge in [-0.3, -0.25) is 0 Å². The fourth-order valence-electron chi connectivity index (χ4n) is 1.34. The third-order valence-corrected chi connectivity index (χ3v) is 2.14. The molecule has 2 nitrogen and oxygen atoms in total. The Morgan fingerprint density at radius 3 is 1.64 bits per heavy atom. The first kappa shape index (κ1) is 10.9. The van der Waals surface area contributed by atoms with Crippen LogP contribution >= 0.6 is 0 Å². The van der Waals surface area contributed by atoms with Crippen LogP contribution in [0, 0.1) is 5.41 Å². The van der Waals surface area contributed by atoms with Gasteiger partial charge in [0, 0.05) is 11.6 Å². The molecule has 0 aromatic rings. The first-order valence-electron chi connectivity index (χ1n) is 4.20. The summed E-state index contributed by atoms with van der Waals surface area (Å²) >= 11 is 0. The molecule has 0 radical (unpaired) electrons. The molecular weight excluding hydrogens is 136 g/mol. The zero-order chi connectivity index (χ0) is 9.28. The molecule has 1 unspecified atom stereocenters. The molecule has 0 rings (SSSR count). The van der Waals surface area contributed by atoms with Gasteiger partial charge in [-0.25, -0.2) is 0 Å². The summed E-state index contributed by atoms with van der Waals surface area (Å²) < 4.78 is 0. The maximum absolute atomic E-state index is 5.90. The van der Waals surface area contributed by atoms with Crippen molar-refractivity contribution in [1.29, 1.82) is 0 Å². The van der Waals surface area contributed by atoms with E-state index in [9.17, 15) is 0 Å². The van der Waals surface area contributed by atoms with Crippen molar-refractivity contribution in [1.82, 2.24) is 0 Å². The van der Waals surface area contributed by atoms with Crippen molar-refractivity contribution in [3.05, 3.63) is 0 Å². The van der Waals surface area contributed by atoms with E-state index in [0.29, 0.717) is 0 Å². The predicted octanol–water partition coefficient (Wildman–Crippen LogP) is 1.49. The predicted molar refractivity (Wildman–Crippen MR) is 50.3 cm³/mol. The molecule has 0 aromatic heterocycles. The second-order valence-corrected chi connectivity index (χ2v) is 4.94. The molecule has 0 spiro atoms. The van der Waals surface area contributed by atoms with Gasteiger partial charge in [0.15, 0.2) is 0 Å². The van der Waals surface area contributed by atoms with Gasteiger partial charge in [-0.2, -0.15) is 0 Å². The van der Waals surface area contributed by atoms with Gasteiger partial charge < -0.3 is 11.5 Å². The van der Waals surface area contributed by atoms with Crippen LogP contribution in [-0.4, -0.2) is 11.6 Å². The number of hydrogen-bond donors (Lipinski definition) is 2. The monoisotopic (exact) mass is 158 g/mol. The molecule has 1 atom stereocenters. The van der Waals surface area contributed by atoms with Crippen molar-refractivity contribution in [2.45, 2.75) is 52.6 Å². The Morgan fingerprint density at radius 1 is 1.18 bits per heavy atom. The minimum Gasteiger partial charge on any atom is -0.327 e. The lowest BCUT2D eigenvalue weighted by molar-refractivity contribution is 0.220. The van der Waals surface area contributed by atoms with E-state index in [4.69, 9.17) is 11.5 Å². The van der Waals surface area contributed by atoms with Gasteiger partial charge >= 0.3 is 0 Å².